The minimum absolute atomic E-state index is 0.00468. The minimum atomic E-state index is -0.0662. The van der Waals surface area contributed by atoms with Crippen molar-refractivity contribution in [3.05, 3.63) is 0 Å². The lowest BCUT2D eigenvalue weighted by molar-refractivity contribution is -0.121. The molecule has 0 aliphatic rings. The standard InChI is InChI=1S/C8H18N2OS/c1-4-5-12-7(6(2)3)8(11)10-9/h6-7H,4-5,9H2,1-3H3,(H,10,11). The predicted molar refractivity (Wildman–Crippen MR) is 53.7 cm³/mol. The molecule has 3 N–H and O–H groups in total. The molecule has 12 heavy (non-hydrogen) atoms. The molecule has 0 saturated heterocycles. The lowest BCUT2D eigenvalue weighted by atomic mass is 10.1. The van der Waals surface area contributed by atoms with E-state index in [9.17, 15) is 4.79 Å². The summed E-state index contributed by atoms with van der Waals surface area (Å²) in [5.41, 5.74) is 2.20. The van der Waals surface area contributed by atoms with Crippen LogP contribution in [0.5, 0.6) is 0 Å². The van der Waals surface area contributed by atoms with Gasteiger partial charge in [0.05, 0.1) is 5.25 Å². The predicted octanol–water partition coefficient (Wildman–Crippen LogP) is 1.14. The molecule has 0 aromatic carbocycles. The second kappa shape index (κ2) is 6.31. The van der Waals surface area contributed by atoms with E-state index >= 15 is 0 Å². The highest BCUT2D eigenvalue weighted by molar-refractivity contribution is 8.00. The fourth-order valence-electron chi connectivity index (χ4n) is 0.898. The quantitative estimate of drug-likeness (QED) is 0.388. The summed E-state index contributed by atoms with van der Waals surface area (Å²) in [6, 6.07) is 0. The molecule has 0 bridgehead atoms. The third kappa shape index (κ3) is 3.97. The molecular weight excluding hydrogens is 172 g/mol. The van der Waals surface area contributed by atoms with Gasteiger partial charge in [0.15, 0.2) is 0 Å². The Hall–Kier alpha value is -0.220. The summed E-state index contributed by atoms with van der Waals surface area (Å²) >= 11 is 1.67. The maximum absolute atomic E-state index is 11.2. The van der Waals surface area contributed by atoms with Crippen molar-refractivity contribution in [2.45, 2.75) is 32.4 Å². The van der Waals surface area contributed by atoms with Gasteiger partial charge in [-0.3, -0.25) is 10.2 Å². The highest BCUT2D eigenvalue weighted by Crippen LogP contribution is 2.19. The van der Waals surface area contributed by atoms with Gasteiger partial charge in [-0.25, -0.2) is 5.84 Å². The van der Waals surface area contributed by atoms with Crippen LogP contribution in [-0.4, -0.2) is 16.9 Å². The molecular formula is C8H18N2OS. The molecule has 4 heteroatoms. The monoisotopic (exact) mass is 190 g/mol. The van der Waals surface area contributed by atoms with Crippen LogP contribution in [0.4, 0.5) is 0 Å². The zero-order valence-corrected chi connectivity index (χ0v) is 8.78. The molecule has 72 valence electrons. The van der Waals surface area contributed by atoms with E-state index in [-0.39, 0.29) is 11.2 Å². The van der Waals surface area contributed by atoms with Gasteiger partial charge in [0.1, 0.15) is 0 Å². The van der Waals surface area contributed by atoms with Gasteiger partial charge in [-0.15, -0.1) is 11.8 Å². The van der Waals surface area contributed by atoms with Gasteiger partial charge in [-0.05, 0) is 18.1 Å². The van der Waals surface area contributed by atoms with Gasteiger partial charge in [-0.1, -0.05) is 20.8 Å². The molecule has 0 aromatic heterocycles. The zero-order chi connectivity index (χ0) is 9.56. The van der Waals surface area contributed by atoms with Crippen LogP contribution in [0.2, 0.25) is 0 Å². The Morgan fingerprint density at radius 1 is 1.58 bits per heavy atom. The SMILES string of the molecule is CCCSC(C(=O)NN)C(C)C. The largest absolute Gasteiger partial charge is 0.293 e. The van der Waals surface area contributed by atoms with Crippen molar-refractivity contribution >= 4 is 17.7 Å². The van der Waals surface area contributed by atoms with E-state index in [1.165, 1.54) is 0 Å². The van der Waals surface area contributed by atoms with Crippen LogP contribution in [0, 0.1) is 5.92 Å². The van der Waals surface area contributed by atoms with Crippen molar-refractivity contribution in [2.75, 3.05) is 5.75 Å². The lowest BCUT2D eigenvalue weighted by Gasteiger charge is -2.17. The van der Waals surface area contributed by atoms with Gasteiger partial charge in [0.25, 0.3) is 0 Å². The first-order valence-electron chi connectivity index (χ1n) is 4.25. The van der Waals surface area contributed by atoms with Gasteiger partial charge >= 0.3 is 0 Å². The topological polar surface area (TPSA) is 55.1 Å². The summed E-state index contributed by atoms with van der Waals surface area (Å²) in [4.78, 5) is 11.2. The van der Waals surface area contributed by atoms with Crippen LogP contribution in [-0.2, 0) is 4.79 Å². The molecule has 0 spiro atoms. The fraction of sp³-hybridized carbons (Fsp3) is 0.875. The molecule has 0 rings (SSSR count). The van der Waals surface area contributed by atoms with Crippen LogP contribution >= 0.6 is 11.8 Å². The number of hydrogen-bond donors (Lipinski definition) is 2. The maximum atomic E-state index is 11.2. The number of nitrogens with two attached hydrogens (primary N) is 1. The second-order valence-electron chi connectivity index (χ2n) is 3.04. The van der Waals surface area contributed by atoms with Crippen molar-refractivity contribution in [1.29, 1.82) is 0 Å². The van der Waals surface area contributed by atoms with E-state index in [2.05, 4.69) is 12.3 Å². The Morgan fingerprint density at radius 2 is 2.17 bits per heavy atom. The number of nitrogens with one attached hydrogen (secondary N) is 1. The highest BCUT2D eigenvalue weighted by atomic mass is 32.2. The van der Waals surface area contributed by atoms with Crippen molar-refractivity contribution in [2.24, 2.45) is 11.8 Å². The molecule has 0 aliphatic carbocycles. The number of thioether (sulfide) groups is 1. The number of carbonyl (C=O) groups is 1. The van der Waals surface area contributed by atoms with Crippen LogP contribution in [0.1, 0.15) is 27.2 Å². The summed E-state index contributed by atoms with van der Waals surface area (Å²) in [6.45, 7) is 6.16. The van der Waals surface area contributed by atoms with Gasteiger partial charge in [-0.2, -0.15) is 0 Å². The number of carbonyl (C=O) groups excluding carboxylic acids is 1. The Kier molecular flexibility index (Phi) is 6.20. The molecule has 1 atom stereocenters. The third-order valence-electron chi connectivity index (χ3n) is 1.51. The summed E-state index contributed by atoms with van der Waals surface area (Å²) in [5.74, 6) is 6.35. The Balaban J connectivity index is 3.95. The first kappa shape index (κ1) is 11.8. The van der Waals surface area contributed by atoms with Crippen LogP contribution in [0.25, 0.3) is 0 Å². The summed E-state index contributed by atoms with van der Waals surface area (Å²) in [5, 5.41) is -0.00468. The normalized spacial score (nSPS) is 13.1. The molecule has 0 saturated carbocycles. The van der Waals surface area contributed by atoms with Crippen LogP contribution < -0.4 is 11.3 Å². The molecule has 0 aromatic rings. The molecule has 1 amide bonds. The van der Waals surface area contributed by atoms with Crippen LogP contribution in [0.15, 0.2) is 0 Å². The van der Waals surface area contributed by atoms with Gasteiger partial charge < -0.3 is 0 Å². The van der Waals surface area contributed by atoms with E-state index in [1.807, 2.05) is 13.8 Å². The number of rotatable bonds is 5. The Morgan fingerprint density at radius 3 is 2.50 bits per heavy atom. The van der Waals surface area contributed by atoms with Crippen molar-refractivity contribution < 1.29 is 4.79 Å². The molecule has 0 radical (unpaired) electrons. The average molecular weight is 190 g/mol. The smallest absolute Gasteiger partial charge is 0.247 e. The highest BCUT2D eigenvalue weighted by Gasteiger charge is 2.20. The minimum Gasteiger partial charge on any atom is -0.293 e. The second-order valence-corrected chi connectivity index (χ2v) is 4.29. The zero-order valence-electron chi connectivity index (χ0n) is 7.96. The maximum Gasteiger partial charge on any atom is 0.247 e. The summed E-state index contributed by atoms with van der Waals surface area (Å²) < 4.78 is 0. The van der Waals surface area contributed by atoms with E-state index in [0.29, 0.717) is 5.92 Å². The van der Waals surface area contributed by atoms with E-state index in [4.69, 9.17) is 5.84 Å². The van der Waals surface area contributed by atoms with Gasteiger partial charge in [0.2, 0.25) is 5.91 Å². The Bertz CT molecular complexity index is 139. The fourth-order valence-corrected chi connectivity index (χ4v) is 1.99. The van der Waals surface area contributed by atoms with Crippen LogP contribution in [0.3, 0.4) is 0 Å². The molecule has 1 unspecified atom stereocenters. The molecule has 3 nitrogen and oxygen atoms in total. The van der Waals surface area contributed by atoms with Gasteiger partial charge in [0, 0.05) is 0 Å². The van der Waals surface area contributed by atoms with E-state index < -0.39 is 0 Å². The van der Waals surface area contributed by atoms with E-state index in [0.717, 1.165) is 12.2 Å². The molecule has 0 aliphatic heterocycles. The first-order chi connectivity index (χ1) is 5.63. The summed E-state index contributed by atoms with van der Waals surface area (Å²) in [7, 11) is 0. The third-order valence-corrected chi connectivity index (χ3v) is 3.27. The van der Waals surface area contributed by atoms with Crippen molar-refractivity contribution in [3.8, 4) is 0 Å². The number of amides is 1. The van der Waals surface area contributed by atoms with Crippen molar-refractivity contribution in [1.82, 2.24) is 5.43 Å². The molecule has 0 heterocycles. The van der Waals surface area contributed by atoms with Crippen molar-refractivity contribution in [3.63, 3.8) is 0 Å². The first-order valence-corrected chi connectivity index (χ1v) is 5.30. The average Bonchev–Trinajstić information content (AvgIpc) is 2.04. The number of hydrazine groups is 1. The Labute approximate surface area is 78.4 Å². The molecule has 0 fully saturated rings. The summed E-state index contributed by atoms with van der Waals surface area (Å²) in [6.07, 6.45) is 1.09. The number of hydrogen-bond acceptors (Lipinski definition) is 3. The lowest BCUT2D eigenvalue weighted by Crippen LogP contribution is -2.40. The van der Waals surface area contributed by atoms with E-state index in [1.54, 1.807) is 11.8 Å².